The smallest absolute Gasteiger partial charge is 0.215 e. The zero-order chi connectivity index (χ0) is 12.9. The molecular weight excluding hydrogens is 236 g/mol. The summed E-state index contributed by atoms with van der Waals surface area (Å²) in [6.07, 6.45) is 4.33. The van der Waals surface area contributed by atoms with E-state index in [-0.39, 0.29) is 11.8 Å². The second kappa shape index (κ2) is 6.71. The van der Waals surface area contributed by atoms with Gasteiger partial charge < -0.3 is 5.32 Å². The number of nitrogens with zero attached hydrogens (tertiary/aromatic N) is 1. The molecule has 5 heteroatoms. The van der Waals surface area contributed by atoms with Crippen LogP contribution in [0.25, 0.3) is 0 Å². The first-order valence-corrected chi connectivity index (χ1v) is 8.24. The molecule has 0 aromatic heterocycles. The van der Waals surface area contributed by atoms with Gasteiger partial charge in [-0.25, -0.2) is 12.7 Å². The van der Waals surface area contributed by atoms with E-state index in [2.05, 4.69) is 12.2 Å². The van der Waals surface area contributed by atoms with E-state index in [9.17, 15) is 8.42 Å². The number of rotatable bonds is 6. The molecule has 0 aromatic carbocycles. The maximum Gasteiger partial charge on any atom is 0.215 e. The first-order chi connectivity index (χ1) is 7.97. The molecule has 17 heavy (non-hydrogen) atoms. The van der Waals surface area contributed by atoms with E-state index in [0.29, 0.717) is 6.54 Å². The molecule has 0 amide bonds. The van der Waals surface area contributed by atoms with E-state index in [4.69, 9.17) is 0 Å². The standard InChI is InChI=1S/C12H26N2O2S/c1-4-13-9-10-17(15,16)14(3)12-7-5-11(2)6-8-12/h11-13H,4-10H2,1-3H3. The Kier molecular flexibility index (Phi) is 5.89. The highest BCUT2D eigenvalue weighted by Crippen LogP contribution is 2.27. The second-order valence-corrected chi connectivity index (χ2v) is 7.25. The summed E-state index contributed by atoms with van der Waals surface area (Å²) in [7, 11) is -1.34. The molecule has 1 aliphatic rings. The molecule has 0 spiro atoms. The molecule has 0 saturated heterocycles. The monoisotopic (exact) mass is 262 g/mol. The highest BCUT2D eigenvalue weighted by atomic mass is 32.2. The van der Waals surface area contributed by atoms with Crippen molar-refractivity contribution in [2.75, 3.05) is 25.9 Å². The third kappa shape index (κ3) is 4.56. The molecule has 1 aliphatic carbocycles. The van der Waals surface area contributed by atoms with Gasteiger partial charge in [-0.05, 0) is 38.1 Å². The summed E-state index contributed by atoms with van der Waals surface area (Å²) >= 11 is 0. The quantitative estimate of drug-likeness (QED) is 0.737. The van der Waals surface area contributed by atoms with Crippen molar-refractivity contribution in [1.82, 2.24) is 9.62 Å². The van der Waals surface area contributed by atoms with Gasteiger partial charge in [0.15, 0.2) is 0 Å². The lowest BCUT2D eigenvalue weighted by atomic mass is 9.87. The van der Waals surface area contributed by atoms with Gasteiger partial charge in [0.2, 0.25) is 10.0 Å². The molecule has 0 atom stereocenters. The maximum absolute atomic E-state index is 12.1. The highest BCUT2D eigenvalue weighted by molar-refractivity contribution is 7.89. The Bertz CT molecular complexity index is 308. The van der Waals surface area contributed by atoms with Crippen LogP contribution < -0.4 is 5.32 Å². The summed E-state index contributed by atoms with van der Waals surface area (Å²) in [5.41, 5.74) is 0. The predicted molar refractivity (Wildman–Crippen MR) is 71.5 cm³/mol. The van der Waals surface area contributed by atoms with Crippen LogP contribution in [0.5, 0.6) is 0 Å². The summed E-state index contributed by atoms with van der Waals surface area (Å²) in [6.45, 7) is 5.60. The van der Waals surface area contributed by atoms with Gasteiger partial charge in [-0.2, -0.15) is 0 Å². The van der Waals surface area contributed by atoms with Gasteiger partial charge >= 0.3 is 0 Å². The molecule has 1 fully saturated rings. The van der Waals surface area contributed by atoms with Gasteiger partial charge in [-0.15, -0.1) is 0 Å². The molecule has 1 rings (SSSR count). The highest BCUT2D eigenvalue weighted by Gasteiger charge is 2.28. The van der Waals surface area contributed by atoms with Crippen LogP contribution in [-0.2, 0) is 10.0 Å². The lowest BCUT2D eigenvalue weighted by molar-refractivity contribution is 0.246. The largest absolute Gasteiger partial charge is 0.316 e. The van der Waals surface area contributed by atoms with Gasteiger partial charge in [0.05, 0.1) is 5.75 Å². The summed E-state index contributed by atoms with van der Waals surface area (Å²) < 4.78 is 25.8. The summed E-state index contributed by atoms with van der Waals surface area (Å²) in [4.78, 5) is 0. The molecule has 4 nitrogen and oxygen atoms in total. The van der Waals surface area contributed by atoms with E-state index in [1.54, 1.807) is 11.4 Å². The molecule has 0 aliphatic heterocycles. The third-order valence-electron chi connectivity index (χ3n) is 3.73. The van der Waals surface area contributed by atoms with Crippen molar-refractivity contribution in [3.05, 3.63) is 0 Å². The Morgan fingerprint density at radius 3 is 2.35 bits per heavy atom. The molecule has 0 bridgehead atoms. The number of nitrogens with one attached hydrogen (secondary N) is 1. The van der Waals surface area contributed by atoms with Crippen LogP contribution >= 0.6 is 0 Å². The fourth-order valence-electron chi connectivity index (χ4n) is 2.36. The van der Waals surface area contributed by atoms with E-state index in [1.807, 2.05) is 6.92 Å². The molecule has 1 saturated carbocycles. The zero-order valence-electron chi connectivity index (χ0n) is 11.3. The molecule has 1 N–H and O–H groups in total. The molecule has 0 radical (unpaired) electrons. The lowest BCUT2D eigenvalue weighted by Gasteiger charge is -2.32. The van der Waals surface area contributed by atoms with Crippen LogP contribution in [0.4, 0.5) is 0 Å². The number of hydrogen-bond donors (Lipinski definition) is 1. The zero-order valence-corrected chi connectivity index (χ0v) is 12.1. The number of sulfonamides is 1. The van der Waals surface area contributed by atoms with Crippen LogP contribution in [-0.4, -0.2) is 44.7 Å². The maximum atomic E-state index is 12.1. The van der Waals surface area contributed by atoms with Gasteiger partial charge in [-0.3, -0.25) is 0 Å². The van der Waals surface area contributed by atoms with Crippen LogP contribution in [0.1, 0.15) is 39.5 Å². The van der Waals surface area contributed by atoms with Crippen molar-refractivity contribution in [3.63, 3.8) is 0 Å². The Morgan fingerprint density at radius 1 is 1.24 bits per heavy atom. The van der Waals surface area contributed by atoms with Gasteiger partial charge in [0.25, 0.3) is 0 Å². The Labute approximate surface area is 106 Å². The second-order valence-electron chi connectivity index (χ2n) is 5.10. The Morgan fingerprint density at radius 2 is 1.82 bits per heavy atom. The number of hydrogen-bond acceptors (Lipinski definition) is 3. The first kappa shape index (κ1) is 14.9. The van der Waals surface area contributed by atoms with Crippen molar-refractivity contribution in [3.8, 4) is 0 Å². The Hall–Kier alpha value is -0.130. The summed E-state index contributed by atoms with van der Waals surface area (Å²) in [6, 6.07) is 0.220. The van der Waals surface area contributed by atoms with E-state index in [0.717, 1.165) is 38.1 Å². The first-order valence-electron chi connectivity index (χ1n) is 6.63. The third-order valence-corrected chi connectivity index (χ3v) is 5.62. The van der Waals surface area contributed by atoms with Gasteiger partial charge in [-0.1, -0.05) is 13.8 Å². The lowest BCUT2D eigenvalue weighted by Crippen LogP contribution is -2.42. The average molecular weight is 262 g/mol. The van der Waals surface area contributed by atoms with Crippen molar-refractivity contribution in [1.29, 1.82) is 0 Å². The van der Waals surface area contributed by atoms with Crippen molar-refractivity contribution in [2.24, 2.45) is 5.92 Å². The van der Waals surface area contributed by atoms with Crippen LogP contribution in [0.3, 0.4) is 0 Å². The van der Waals surface area contributed by atoms with Crippen molar-refractivity contribution in [2.45, 2.75) is 45.6 Å². The van der Waals surface area contributed by atoms with Crippen molar-refractivity contribution >= 4 is 10.0 Å². The normalized spacial score (nSPS) is 26.4. The fourth-order valence-corrected chi connectivity index (χ4v) is 3.71. The van der Waals surface area contributed by atoms with E-state index >= 15 is 0 Å². The van der Waals surface area contributed by atoms with Crippen LogP contribution in [0.2, 0.25) is 0 Å². The fraction of sp³-hybridized carbons (Fsp3) is 1.00. The molecule has 0 heterocycles. The molecular formula is C12H26N2O2S. The predicted octanol–water partition coefficient (Wildman–Crippen LogP) is 1.44. The van der Waals surface area contributed by atoms with Crippen LogP contribution in [0, 0.1) is 5.92 Å². The topological polar surface area (TPSA) is 49.4 Å². The van der Waals surface area contributed by atoms with Gasteiger partial charge in [0.1, 0.15) is 0 Å². The summed E-state index contributed by atoms with van der Waals surface area (Å²) in [5, 5.41) is 3.06. The molecule has 0 aromatic rings. The van der Waals surface area contributed by atoms with Gasteiger partial charge in [0, 0.05) is 19.6 Å². The average Bonchev–Trinajstić information content (AvgIpc) is 2.29. The van der Waals surface area contributed by atoms with Crippen molar-refractivity contribution < 1.29 is 8.42 Å². The van der Waals surface area contributed by atoms with Crippen LogP contribution in [0.15, 0.2) is 0 Å². The minimum Gasteiger partial charge on any atom is -0.316 e. The minimum absolute atomic E-state index is 0.212. The van der Waals surface area contributed by atoms with E-state index in [1.165, 1.54) is 0 Å². The molecule has 102 valence electrons. The van der Waals surface area contributed by atoms with E-state index < -0.39 is 10.0 Å². The minimum atomic E-state index is -3.08. The SMILES string of the molecule is CCNCCS(=O)(=O)N(C)C1CCC(C)CC1. The molecule has 0 unspecified atom stereocenters. The summed E-state index contributed by atoms with van der Waals surface area (Å²) in [5.74, 6) is 0.966. The Balaban J connectivity index is 2.47.